The van der Waals surface area contributed by atoms with Crippen LogP contribution in [-0.2, 0) is 4.79 Å². The number of hydrogen-bond acceptors (Lipinski definition) is 5. The van der Waals surface area contributed by atoms with Gasteiger partial charge in [-0.1, -0.05) is 46.2 Å². The molecule has 26 heavy (non-hydrogen) atoms. The van der Waals surface area contributed by atoms with Crippen molar-refractivity contribution in [3.8, 4) is 0 Å². The summed E-state index contributed by atoms with van der Waals surface area (Å²) >= 11 is 0. The lowest BCUT2D eigenvalue weighted by atomic mass is 9.47. The van der Waals surface area contributed by atoms with Gasteiger partial charge in [0.05, 0.1) is 5.71 Å². The average Bonchev–Trinajstić information content (AvgIpc) is 2.96. The van der Waals surface area contributed by atoms with Crippen LogP contribution >= 0.6 is 21.6 Å². The van der Waals surface area contributed by atoms with Crippen molar-refractivity contribution in [1.29, 1.82) is 0 Å². The molecule has 0 bridgehead atoms. The van der Waals surface area contributed by atoms with Gasteiger partial charge in [0, 0.05) is 28.8 Å². The molecule has 0 amide bonds. The first kappa shape index (κ1) is 18.9. The first-order valence-electron chi connectivity index (χ1n) is 10.2. The number of hydrogen-bond donors (Lipinski definition) is 1. The van der Waals surface area contributed by atoms with Crippen LogP contribution < -0.4 is 0 Å². The minimum atomic E-state index is -0.0404. The molecule has 0 radical (unpaired) electrons. The van der Waals surface area contributed by atoms with E-state index in [1.54, 1.807) is 0 Å². The fourth-order valence-electron chi connectivity index (χ4n) is 6.72. The topological polar surface area (TPSA) is 49.7 Å². The number of Topliss-reactive ketones (excluding diaryl/α,β-unsaturated/α-hetero) is 1. The van der Waals surface area contributed by atoms with E-state index >= 15 is 0 Å². The quantitative estimate of drug-likeness (QED) is 0.287. The number of nitrogens with zero attached hydrogens (tertiary/aromatic N) is 1. The minimum absolute atomic E-state index is 0.0404. The van der Waals surface area contributed by atoms with Gasteiger partial charge in [-0.3, -0.25) is 4.79 Å². The Morgan fingerprint density at radius 2 is 2.00 bits per heavy atom. The van der Waals surface area contributed by atoms with Gasteiger partial charge in [-0.2, -0.15) is 0 Å². The molecule has 144 valence electrons. The SMILES string of the molecule is CCSSC[C@]12CC/C(=N/O)C=C1CC[C@@H]1[C@@H]2CC[C@]2(C)C(=O)CC[C@@H]12. The Morgan fingerprint density at radius 3 is 2.77 bits per heavy atom. The summed E-state index contributed by atoms with van der Waals surface area (Å²) in [6, 6.07) is 0. The van der Waals surface area contributed by atoms with Gasteiger partial charge in [-0.05, 0) is 68.8 Å². The van der Waals surface area contributed by atoms with E-state index in [0.717, 1.165) is 50.0 Å². The van der Waals surface area contributed by atoms with Crippen LogP contribution in [0.4, 0.5) is 0 Å². The van der Waals surface area contributed by atoms with E-state index in [9.17, 15) is 10.0 Å². The van der Waals surface area contributed by atoms with Gasteiger partial charge in [-0.25, -0.2) is 0 Å². The van der Waals surface area contributed by atoms with Crippen molar-refractivity contribution in [3.63, 3.8) is 0 Å². The van der Waals surface area contributed by atoms with Crippen LogP contribution in [0.1, 0.15) is 65.2 Å². The van der Waals surface area contributed by atoms with E-state index in [4.69, 9.17) is 0 Å². The number of carbonyl (C=O) groups is 1. The summed E-state index contributed by atoms with van der Waals surface area (Å²) in [4.78, 5) is 12.6. The number of ketones is 1. The smallest absolute Gasteiger partial charge is 0.139 e. The van der Waals surface area contributed by atoms with E-state index in [1.165, 1.54) is 24.2 Å². The van der Waals surface area contributed by atoms with Crippen LogP contribution in [0, 0.1) is 28.6 Å². The fraction of sp³-hybridized carbons (Fsp3) is 0.810. The highest BCUT2D eigenvalue weighted by atomic mass is 33.1. The predicted octanol–water partition coefficient (Wildman–Crippen LogP) is 5.73. The van der Waals surface area contributed by atoms with Gasteiger partial charge >= 0.3 is 0 Å². The maximum atomic E-state index is 12.6. The highest BCUT2D eigenvalue weighted by Crippen LogP contribution is 2.65. The molecule has 3 saturated carbocycles. The summed E-state index contributed by atoms with van der Waals surface area (Å²) in [5, 5.41) is 12.8. The third-order valence-corrected chi connectivity index (χ3v) is 10.7. The van der Waals surface area contributed by atoms with Gasteiger partial charge in [0.2, 0.25) is 0 Å². The van der Waals surface area contributed by atoms with Crippen LogP contribution in [0.2, 0.25) is 0 Å². The number of fused-ring (bicyclic) bond motifs is 5. The molecule has 4 aliphatic carbocycles. The Labute approximate surface area is 165 Å². The standard InChI is InChI=1S/C21H31NO2S2/c1-3-25-26-13-21-11-8-15(22-24)12-14(21)4-5-16-17-6-7-19(23)20(17,2)10-9-18(16)21/h12,16-18,24H,3-11,13H2,1-2H3/b22-15-/t16-,17-,18-,20-,21+/m0/s1. The van der Waals surface area contributed by atoms with E-state index in [0.29, 0.717) is 23.5 Å². The Balaban J connectivity index is 1.68. The second-order valence-electron chi connectivity index (χ2n) is 8.92. The Bertz CT molecular complexity index is 646. The molecular weight excluding hydrogens is 362 g/mol. The molecule has 0 aliphatic heterocycles. The summed E-state index contributed by atoms with van der Waals surface area (Å²) < 4.78 is 0. The van der Waals surface area contributed by atoms with Crippen molar-refractivity contribution in [2.45, 2.75) is 65.2 Å². The minimum Gasteiger partial charge on any atom is -0.411 e. The monoisotopic (exact) mass is 393 g/mol. The first-order chi connectivity index (χ1) is 12.5. The molecule has 4 rings (SSSR count). The van der Waals surface area contributed by atoms with Crippen molar-refractivity contribution in [2.75, 3.05) is 11.5 Å². The molecule has 3 fully saturated rings. The molecule has 5 atom stereocenters. The van der Waals surface area contributed by atoms with Gasteiger partial charge < -0.3 is 5.21 Å². The second kappa shape index (κ2) is 7.20. The number of oxime groups is 1. The Morgan fingerprint density at radius 1 is 1.15 bits per heavy atom. The molecule has 0 spiro atoms. The molecule has 1 N–H and O–H groups in total. The lowest BCUT2D eigenvalue weighted by Gasteiger charge is -2.58. The molecule has 5 heteroatoms. The van der Waals surface area contributed by atoms with Crippen LogP contribution in [0.15, 0.2) is 16.8 Å². The number of allylic oxidation sites excluding steroid dienone is 2. The van der Waals surface area contributed by atoms with Crippen LogP contribution in [0.5, 0.6) is 0 Å². The summed E-state index contributed by atoms with van der Waals surface area (Å²) in [6.07, 6.45) is 10.8. The summed E-state index contributed by atoms with van der Waals surface area (Å²) in [7, 11) is 4.01. The van der Waals surface area contributed by atoms with Crippen molar-refractivity contribution in [2.24, 2.45) is 33.7 Å². The lowest BCUT2D eigenvalue weighted by Crippen LogP contribution is -2.52. The highest BCUT2D eigenvalue weighted by Gasteiger charge is 2.59. The Hall–Kier alpha value is -0.420. The van der Waals surface area contributed by atoms with Gasteiger partial charge in [0.1, 0.15) is 5.78 Å². The lowest BCUT2D eigenvalue weighted by molar-refractivity contribution is -0.132. The molecule has 4 aliphatic rings. The summed E-state index contributed by atoms with van der Waals surface area (Å²) in [6.45, 7) is 4.49. The van der Waals surface area contributed by atoms with E-state index in [-0.39, 0.29) is 10.8 Å². The zero-order chi connectivity index (χ0) is 18.4. The van der Waals surface area contributed by atoms with Gasteiger partial charge in [-0.15, -0.1) is 0 Å². The molecule has 0 aromatic carbocycles. The van der Waals surface area contributed by atoms with Crippen molar-refractivity contribution < 1.29 is 10.0 Å². The molecule has 0 aromatic heterocycles. The third kappa shape index (κ3) is 2.80. The zero-order valence-corrected chi connectivity index (χ0v) is 17.6. The molecular formula is C21H31NO2S2. The largest absolute Gasteiger partial charge is 0.411 e. The van der Waals surface area contributed by atoms with Crippen molar-refractivity contribution in [3.05, 3.63) is 11.6 Å². The normalized spacial score (nSPS) is 43.6. The molecule has 0 heterocycles. The Kier molecular flexibility index (Phi) is 5.24. The molecule has 3 nitrogen and oxygen atoms in total. The van der Waals surface area contributed by atoms with E-state index in [1.807, 2.05) is 21.6 Å². The van der Waals surface area contributed by atoms with Crippen molar-refractivity contribution in [1.82, 2.24) is 0 Å². The first-order valence-corrected chi connectivity index (χ1v) is 12.7. The zero-order valence-electron chi connectivity index (χ0n) is 16.0. The summed E-state index contributed by atoms with van der Waals surface area (Å²) in [5.74, 6) is 4.87. The number of rotatable bonds is 4. The number of carbonyl (C=O) groups excluding carboxylic acids is 1. The van der Waals surface area contributed by atoms with Gasteiger partial charge in [0.15, 0.2) is 0 Å². The summed E-state index contributed by atoms with van der Waals surface area (Å²) in [5.41, 5.74) is 2.62. The van der Waals surface area contributed by atoms with Crippen LogP contribution in [0.3, 0.4) is 0 Å². The average molecular weight is 394 g/mol. The maximum absolute atomic E-state index is 12.6. The maximum Gasteiger partial charge on any atom is 0.139 e. The second-order valence-corrected chi connectivity index (χ2v) is 11.7. The van der Waals surface area contributed by atoms with Crippen molar-refractivity contribution >= 4 is 33.1 Å². The fourth-order valence-corrected chi connectivity index (χ4v) is 9.11. The van der Waals surface area contributed by atoms with Crippen LogP contribution in [-0.4, -0.2) is 28.2 Å². The van der Waals surface area contributed by atoms with E-state index < -0.39 is 0 Å². The van der Waals surface area contributed by atoms with Crippen LogP contribution in [0.25, 0.3) is 0 Å². The molecule has 0 unspecified atom stereocenters. The predicted molar refractivity (Wildman–Crippen MR) is 111 cm³/mol. The van der Waals surface area contributed by atoms with E-state index in [2.05, 4.69) is 25.1 Å². The highest BCUT2D eigenvalue weighted by molar-refractivity contribution is 8.76. The van der Waals surface area contributed by atoms with Gasteiger partial charge in [0.25, 0.3) is 0 Å². The molecule has 0 aromatic rings. The third-order valence-electron chi connectivity index (χ3n) is 8.06. The molecule has 0 saturated heterocycles.